The van der Waals surface area contributed by atoms with E-state index in [0.29, 0.717) is 11.3 Å². The fraction of sp³-hybridized carbons (Fsp3) is 0. The Balaban J connectivity index is 2.05. The van der Waals surface area contributed by atoms with Gasteiger partial charge in [-0.05, 0) is 42.0 Å². The average molecular weight is 285 g/mol. The monoisotopic (exact) mass is 285 g/mol. The lowest BCUT2D eigenvalue weighted by atomic mass is 10.2. The molecule has 0 aliphatic heterocycles. The van der Waals surface area contributed by atoms with Crippen molar-refractivity contribution in [1.82, 2.24) is 0 Å². The summed E-state index contributed by atoms with van der Waals surface area (Å²) in [5.41, 5.74) is 1.02. The van der Waals surface area contributed by atoms with E-state index in [1.165, 1.54) is 42.5 Å². The second-order valence-electron chi connectivity index (χ2n) is 4.26. The van der Waals surface area contributed by atoms with E-state index in [2.05, 4.69) is 5.32 Å². The molecule has 0 bridgehead atoms. The van der Waals surface area contributed by atoms with E-state index in [1.807, 2.05) is 0 Å². The molecule has 0 spiro atoms. The lowest BCUT2D eigenvalue weighted by Crippen LogP contribution is -2.08. The van der Waals surface area contributed by atoms with Crippen LogP contribution in [0.2, 0.25) is 0 Å². The van der Waals surface area contributed by atoms with E-state index >= 15 is 0 Å². The van der Waals surface area contributed by atoms with Crippen molar-refractivity contribution in [2.24, 2.45) is 0 Å². The first-order valence-corrected chi connectivity index (χ1v) is 6.12. The van der Waals surface area contributed by atoms with E-state index in [0.717, 1.165) is 0 Å². The van der Waals surface area contributed by atoms with Crippen LogP contribution in [-0.4, -0.2) is 17.0 Å². The Kier molecular flexibility index (Phi) is 4.46. The van der Waals surface area contributed by atoms with Gasteiger partial charge in [-0.2, -0.15) is 0 Å². The van der Waals surface area contributed by atoms with Crippen LogP contribution in [-0.2, 0) is 4.79 Å². The second-order valence-corrected chi connectivity index (χ2v) is 4.26. The number of amides is 1. The quantitative estimate of drug-likeness (QED) is 0.848. The highest BCUT2D eigenvalue weighted by molar-refractivity contribution is 6.02. The SMILES string of the molecule is O=C(C=Cc1cccc(F)c1)Nc1cccc(C(=O)O)c1. The van der Waals surface area contributed by atoms with Gasteiger partial charge in [-0.3, -0.25) is 4.79 Å². The van der Waals surface area contributed by atoms with Gasteiger partial charge in [0, 0.05) is 11.8 Å². The van der Waals surface area contributed by atoms with Gasteiger partial charge in [-0.15, -0.1) is 0 Å². The Hall–Kier alpha value is -2.95. The molecule has 0 aromatic heterocycles. The molecule has 2 aromatic carbocycles. The first-order valence-electron chi connectivity index (χ1n) is 6.12. The van der Waals surface area contributed by atoms with Gasteiger partial charge in [0.1, 0.15) is 5.82 Å². The molecule has 1 amide bonds. The van der Waals surface area contributed by atoms with Crippen LogP contribution in [0.25, 0.3) is 6.08 Å². The Morgan fingerprint density at radius 1 is 1.10 bits per heavy atom. The number of anilines is 1. The van der Waals surface area contributed by atoms with Crippen molar-refractivity contribution in [1.29, 1.82) is 0 Å². The molecule has 0 fully saturated rings. The molecule has 106 valence electrons. The Morgan fingerprint density at radius 2 is 1.86 bits per heavy atom. The molecule has 5 heteroatoms. The average Bonchev–Trinajstić information content (AvgIpc) is 2.45. The summed E-state index contributed by atoms with van der Waals surface area (Å²) in [5, 5.41) is 11.4. The van der Waals surface area contributed by atoms with Gasteiger partial charge in [0.15, 0.2) is 0 Å². The summed E-state index contributed by atoms with van der Waals surface area (Å²) in [7, 11) is 0. The molecule has 21 heavy (non-hydrogen) atoms. The zero-order valence-electron chi connectivity index (χ0n) is 10.9. The number of hydrogen-bond donors (Lipinski definition) is 2. The maximum absolute atomic E-state index is 13.0. The standard InChI is InChI=1S/C16H12FNO3/c17-13-5-1-3-11(9-13)7-8-15(19)18-14-6-2-4-12(10-14)16(20)21/h1-10H,(H,18,19)(H,20,21). The summed E-state index contributed by atoms with van der Waals surface area (Å²) >= 11 is 0. The molecule has 2 aromatic rings. The van der Waals surface area contributed by atoms with Crippen LogP contribution >= 0.6 is 0 Å². The first-order chi connectivity index (χ1) is 10.0. The van der Waals surface area contributed by atoms with Crippen LogP contribution in [0, 0.1) is 5.82 Å². The third-order valence-electron chi connectivity index (χ3n) is 2.65. The number of benzene rings is 2. The first kappa shape index (κ1) is 14.5. The number of aromatic carboxylic acids is 1. The number of carbonyl (C=O) groups is 2. The van der Waals surface area contributed by atoms with E-state index in [4.69, 9.17) is 5.11 Å². The summed E-state index contributed by atoms with van der Waals surface area (Å²) < 4.78 is 13.0. The lowest BCUT2D eigenvalue weighted by Gasteiger charge is -2.03. The van der Waals surface area contributed by atoms with Gasteiger partial charge in [-0.1, -0.05) is 18.2 Å². The smallest absolute Gasteiger partial charge is 0.335 e. The normalized spacial score (nSPS) is 10.5. The minimum absolute atomic E-state index is 0.0851. The van der Waals surface area contributed by atoms with E-state index in [9.17, 15) is 14.0 Å². The van der Waals surface area contributed by atoms with Crippen molar-refractivity contribution in [3.63, 3.8) is 0 Å². The predicted molar refractivity (Wildman–Crippen MR) is 77.5 cm³/mol. The van der Waals surface area contributed by atoms with Crippen LogP contribution in [0.1, 0.15) is 15.9 Å². The number of carboxylic acid groups (broad SMARTS) is 1. The van der Waals surface area contributed by atoms with Crippen molar-refractivity contribution >= 4 is 23.6 Å². The van der Waals surface area contributed by atoms with Crippen LogP contribution in [0.5, 0.6) is 0 Å². The van der Waals surface area contributed by atoms with E-state index in [-0.39, 0.29) is 11.4 Å². The predicted octanol–water partition coefficient (Wildman–Crippen LogP) is 3.18. The summed E-state index contributed by atoms with van der Waals surface area (Å²) in [6.07, 6.45) is 2.72. The van der Waals surface area contributed by atoms with Crippen molar-refractivity contribution in [2.75, 3.05) is 5.32 Å². The van der Waals surface area contributed by atoms with Crippen LogP contribution < -0.4 is 5.32 Å². The van der Waals surface area contributed by atoms with Gasteiger partial charge in [-0.25, -0.2) is 9.18 Å². The maximum atomic E-state index is 13.0. The molecule has 4 nitrogen and oxygen atoms in total. The Morgan fingerprint density at radius 3 is 2.57 bits per heavy atom. The van der Waals surface area contributed by atoms with Crippen LogP contribution in [0.15, 0.2) is 54.6 Å². The number of carboxylic acids is 1. The molecule has 0 aliphatic carbocycles. The topological polar surface area (TPSA) is 66.4 Å². The molecular weight excluding hydrogens is 273 g/mol. The fourth-order valence-corrected chi connectivity index (χ4v) is 1.70. The van der Waals surface area contributed by atoms with Crippen molar-refractivity contribution in [3.8, 4) is 0 Å². The van der Waals surface area contributed by atoms with Crippen LogP contribution in [0.3, 0.4) is 0 Å². The fourth-order valence-electron chi connectivity index (χ4n) is 1.70. The minimum Gasteiger partial charge on any atom is -0.478 e. The Bertz CT molecular complexity index is 710. The third-order valence-corrected chi connectivity index (χ3v) is 2.65. The van der Waals surface area contributed by atoms with Gasteiger partial charge >= 0.3 is 5.97 Å². The summed E-state index contributed by atoms with van der Waals surface area (Å²) in [5.74, 6) is -1.88. The molecule has 0 unspecified atom stereocenters. The number of carbonyl (C=O) groups excluding carboxylic acids is 1. The molecule has 2 N–H and O–H groups in total. The zero-order chi connectivity index (χ0) is 15.2. The summed E-state index contributed by atoms with van der Waals surface area (Å²) in [6, 6.07) is 11.7. The molecule has 0 aliphatic rings. The van der Waals surface area contributed by atoms with Gasteiger partial charge < -0.3 is 10.4 Å². The van der Waals surface area contributed by atoms with Gasteiger partial charge in [0.2, 0.25) is 5.91 Å². The minimum atomic E-state index is -1.07. The lowest BCUT2D eigenvalue weighted by molar-refractivity contribution is -0.111. The maximum Gasteiger partial charge on any atom is 0.335 e. The number of rotatable bonds is 4. The largest absolute Gasteiger partial charge is 0.478 e. The zero-order valence-corrected chi connectivity index (χ0v) is 10.9. The Labute approximate surface area is 120 Å². The van der Waals surface area contributed by atoms with Crippen molar-refractivity contribution in [3.05, 3.63) is 71.6 Å². The highest BCUT2D eigenvalue weighted by Crippen LogP contribution is 2.11. The highest BCUT2D eigenvalue weighted by atomic mass is 19.1. The van der Waals surface area contributed by atoms with E-state index < -0.39 is 11.9 Å². The van der Waals surface area contributed by atoms with E-state index in [1.54, 1.807) is 18.2 Å². The number of halogens is 1. The molecule has 0 saturated carbocycles. The molecule has 0 saturated heterocycles. The summed E-state index contributed by atoms with van der Waals surface area (Å²) in [6.45, 7) is 0. The van der Waals surface area contributed by atoms with Crippen molar-refractivity contribution < 1.29 is 19.1 Å². The number of nitrogens with one attached hydrogen (secondary N) is 1. The van der Waals surface area contributed by atoms with Crippen molar-refractivity contribution in [2.45, 2.75) is 0 Å². The van der Waals surface area contributed by atoms with Gasteiger partial charge in [0.25, 0.3) is 0 Å². The molecular formula is C16H12FNO3. The molecule has 0 atom stereocenters. The summed E-state index contributed by atoms with van der Waals surface area (Å²) in [4.78, 5) is 22.5. The number of hydrogen-bond acceptors (Lipinski definition) is 2. The highest BCUT2D eigenvalue weighted by Gasteiger charge is 2.04. The molecule has 0 heterocycles. The third kappa shape index (κ3) is 4.28. The van der Waals surface area contributed by atoms with Crippen LogP contribution in [0.4, 0.5) is 10.1 Å². The van der Waals surface area contributed by atoms with Gasteiger partial charge in [0.05, 0.1) is 5.56 Å². The molecule has 2 rings (SSSR count). The molecule has 0 radical (unpaired) electrons. The second kappa shape index (κ2) is 6.47.